The first-order valence-electron chi connectivity index (χ1n) is 7.85. The van der Waals surface area contributed by atoms with Crippen molar-refractivity contribution in [2.24, 2.45) is 11.7 Å². The van der Waals surface area contributed by atoms with E-state index in [1.54, 1.807) is 11.8 Å². The van der Waals surface area contributed by atoms with Crippen molar-refractivity contribution in [3.05, 3.63) is 23.0 Å². The summed E-state index contributed by atoms with van der Waals surface area (Å²) in [5.74, 6) is -1.22. The van der Waals surface area contributed by atoms with E-state index < -0.39 is 24.5 Å². The minimum absolute atomic E-state index is 0.0845. The summed E-state index contributed by atoms with van der Waals surface area (Å²) >= 11 is 0. The monoisotopic (exact) mass is 345 g/mol. The highest BCUT2D eigenvalue weighted by Gasteiger charge is 2.35. The van der Waals surface area contributed by atoms with Gasteiger partial charge in [0.25, 0.3) is 5.91 Å². The molecular weight excluding hydrogens is 323 g/mol. The molecule has 1 fully saturated rings. The third-order valence-electron chi connectivity index (χ3n) is 4.69. The molecule has 0 aliphatic carbocycles. The molecule has 2 rings (SSSR count). The zero-order chi connectivity index (χ0) is 18.2. The average molecular weight is 345 g/mol. The van der Waals surface area contributed by atoms with Crippen LogP contribution in [0.3, 0.4) is 0 Å². The number of carbonyl (C=O) groups is 2. The number of likely N-dealkylation sites (tertiary alicyclic amines) is 1. The Bertz CT molecular complexity index is 652. The normalized spacial score (nSPS) is 21.8. The molecule has 1 saturated heterocycles. The van der Waals surface area contributed by atoms with Crippen molar-refractivity contribution in [3.8, 4) is 0 Å². The summed E-state index contributed by atoms with van der Waals surface area (Å²) in [6, 6.07) is 1.39. The number of piperidine rings is 1. The summed E-state index contributed by atoms with van der Waals surface area (Å²) in [4.78, 5) is 25.8. The van der Waals surface area contributed by atoms with E-state index in [2.05, 4.69) is 0 Å². The van der Waals surface area contributed by atoms with Crippen molar-refractivity contribution >= 4 is 11.8 Å². The number of aromatic nitrogens is 1. The van der Waals surface area contributed by atoms with E-state index in [9.17, 15) is 22.8 Å². The number of primary amides is 1. The molecule has 0 saturated carbocycles. The zero-order valence-electron chi connectivity index (χ0n) is 14.0. The van der Waals surface area contributed by atoms with Crippen LogP contribution in [0.15, 0.2) is 6.07 Å². The Balaban J connectivity index is 2.29. The van der Waals surface area contributed by atoms with Gasteiger partial charge in [0, 0.05) is 24.0 Å². The maximum atomic E-state index is 12.8. The van der Waals surface area contributed by atoms with Crippen LogP contribution in [0.25, 0.3) is 0 Å². The van der Waals surface area contributed by atoms with Gasteiger partial charge in [-0.15, -0.1) is 0 Å². The number of carbonyl (C=O) groups excluding carboxylic acids is 2. The van der Waals surface area contributed by atoms with E-state index in [-0.39, 0.29) is 29.8 Å². The lowest BCUT2D eigenvalue weighted by Crippen LogP contribution is -2.48. The van der Waals surface area contributed by atoms with Crippen molar-refractivity contribution < 1.29 is 22.8 Å². The molecule has 2 heterocycles. The molecule has 0 spiro atoms. The maximum absolute atomic E-state index is 12.8. The lowest BCUT2D eigenvalue weighted by atomic mass is 9.92. The number of alkyl halides is 3. The first kappa shape index (κ1) is 18.4. The summed E-state index contributed by atoms with van der Waals surface area (Å²) in [5.41, 5.74) is 6.24. The molecule has 2 N–H and O–H groups in total. The molecule has 5 nitrogen and oxygen atoms in total. The zero-order valence-corrected chi connectivity index (χ0v) is 14.0. The van der Waals surface area contributed by atoms with Gasteiger partial charge in [-0.25, -0.2) is 0 Å². The number of nitrogens with two attached hydrogens (primary N) is 1. The van der Waals surface area contributed by atoms with Crippen LogP contribution >= 0.6 is 0 Å². The minimum Gasteiger partial charge on any atom is -0.369 e. The third-order valence-corrected chi connectivity index (χ3v) is 4.69. The molecule has 1 aromatic heterocycles. The molecule has 134 valence electrons. The number of halogens is 3. The average Bonchev–Trinajstić information content (AvgIpc) is 2.73. The van der Waals surface area contributed by atoms with Crippen molar-refractivity contribution in [2.75, 3.05) is 6.54 Å². The van der Waals surface area contributed by atoms with Gasteiger partial charge in [-0.1, -0.05) is 0 Å². The fourth-order valence-electron chi connectivity index (χ4n) is 3.22. The highest BCUT2D eigenvalue weighted by molar-refractivity contribution is 5.96. The van der Waals surface area contributed by atoms with E-state index in [4.69, 9.17) is 5.73 Å². The number of hydrogen-bond acceptors (Lipinski definition) is 2. The number of aryl methyl sites for hydroxylation is 1. The van der Waals surface area contributed by atoms with Gasteiger partial charge in [0.05, 0.1) is 11.5 Å². The predicted molar refractivity (Wildman–Crippen MR) is 82.4 cm³/mol. The lowest BCUT2D eigenvalue weighted by molar-refractivity contribution is -0.141. The number of rotatable bonds is 3. The van der Waals surface area contributed by atoms with Crippen LogP contribution in [-0.2, 0) is 11.3 Å². The van der Waals surface area contributed by atoms with Crippen molar-refractivity contribution in [2.45, 2.75) is 52.4 Å². The van der Waals surface area contributed by atoms with Gasteiger partial charge in [-0.2, -0.15) is 13.2 Å². The molecule has 1 aliphatic heterocycles. The Labute approximate surface area is 138 Å². The second-order valence-electron chi connectivity index (χ2n) is 6.47. The van der Waals surface area contributed by atoms with Gasteiger partial charge in [-0.05, 0) is 39.7 Å². The molecule has 0 unspecified atom stereocenters. The summed E-state index contributed by atoms with van der Waals surface area (Å²) < 4.78 is 39.2. The van der Waals surface area contributed by atoms with E-state index in [1.165, 1.54) is 13.0 Å². The summed E-state index contributed by atoms with van der Waals surface area (Å²) in [5, 5.41) is 0. The summed E-state index contributed by atoms with van der Waals surface area (Å²) in [6.45, 7) is 3.99. The molecule has 8 heteroatoms. The molecular formula is C16H22F3N3O2. The largest absolute Gasteiger partial charge is 0.406 e. The SMILES string of the molecule is Cc1cc(C(=O)N2C[C@@H](C(N)=O)CC[C@@H]2C)c(C)n1CC(F)(F)F. The highest BCUT2D eigenvalue weighted by atomic mass is 19.4. The van der Waals surface area contributed by atoms with Gasteiger partial charge in [0.2, 0.25) is 5.91 Å². The van der Waals surface area contributed by atoms with Gasteiger partial charge in [-0.3, -0.25) is 9.59 Å². The first-order valence-corrected chi connectivity index (χ1v) is 7.85. The fourth-order valence-corrected chi connectivity index (χ4v) is 3.22. The highest BCUT2D eigenvalue weighted by Crippen LogP contribution is 2.27. The molecule has 2 amide bonds. The quantitative estimate of drug-likeness (QED) is 0.914. The first-order chi connectivity index (χ1) is 11.0. The molecule has 0 bridgehead atoms. The van der Waals surface area contributed by atoms with E-state index in [0.29, 0.717) is 18.5 Å². The Morgan fingerprint density at radius 2 is 1.92 bits per heavy atom. The van der Waals surface area contributed by atoms with E-state index >= 15 is 0 Å². The molecule has 1 aliphatic rings. The van der Waals surface area contributed by atoms with Crippen LogP contribution in [0.4, 0.5) is 13.2 Å². The Morgan fingerprint density at radius 1 is 1.29 bits per heavy atom. The van der Waals surface area contributed by atoms with Gasteiger partial charge in [0.1, 0.15) is 6.54 Å². The third kappa shape index (κ3) is 3.73. The molecule has 1 aromatic rings. The Kier molecular flexibility index (Phi) is 4.96. The van der Waals surface area contributed by atoms with Crippen LogP contribution in [-0.4, -0.2) is 40.0 Å². The standard InChI is InChI=1S/C16H22F3N3O2/c1-9-4-5-12(14(20)23)7-21(9)15(24)13-6-10(2)22(11(13)3)8-16(17,18)19/h6,9,12H,4-5,7-8H2,1-3H3,(H2,20,23)/t9-,12-/m0/s1. The van der Waals surface area contributed by atoms with Crippen LogP contribution < -0.4 is 5.73 Å². The minimum atomic E-state index is -4.36. The topological polar surface area (TPSA) is 68.3 Å². The lowest BCUT2D eigenvalue weighted by Gasteiger charge is -2.37. The maximum Gasteiger partial charge on any atom is 0.406 e. The van der Waals surface area contributed by atoms with Gasteiger partial charge in [0.15, 0.2) is 0 Å². The van der Waals surface area contributed by atoms with E-state index in [1.807, 2.05) is 6.92 Å². The molecule has 0 aromatic carbocycles. The summed E-state index contributed by atoms with van der Waals surface area (Å²) in [6.07, 6.45) is -3.10. The number of hydrogen-bond donors (Lipinski definition) is 1. The Morgan fingerprint density at radius 3 is 2.46 bits per heavy atom. The van der Waals surface area contributed by atoms with Crippen LogP contribution in [0.1, 0.15) is 41.5 Å². The van der Waals surface area contributed by atoms with E-state index in [0.717, 1.165) is 4.57 Å². The molecule has 2 atom stereocenters. The van der Waals surface area contributed by atoms with Crippen molar-refractivity contribution in [3.63, 3.8) is 0 Å². The smallest absolute Gasteiger partial charge is 0.369 e. The van der Waals surface area contributed by atoms with Gasteiger partial charge < -0.3 is 15.2 Å². The molecule has 0 radical (unpaired) electrons. The fraction of sp³-hybridized carbons (Fsp3) is 0.625. The second kappa shape index (κ2) is 6.49. The van der Waals surface area contributed by atoms with Crippen molar-refractivity contribution in [1.82, 2.24) is 9.47 Å². The van der Waals surface area contributed by atoms with Crippen LogP contribution in [0.2, 0.25) is 0 Å². The number of amides is 2. The predicted octanol–water partition coefficient (Wildman–Crippen LogP) is 2.39. The van der Waals surface area contributed by atoms with Crippen molar-refractivity contribution in [1.29, 1.82) is 0 Å². The Hall–Kier alpha value is -1.99. The van der Waals surface area contributed by atoms with Crippen LogP contribution in [0.5, 0.6) is 0 Å². The summed E-state index contributed by atoms with van der Waals surface area (Å²) in [7, 11) is 0. The second-order valence-corrected chi connectivity index (χ2v) is 6.47. The van der Waals surface area contributed by atoms with Crippen LogP contribution in [0, 0.1) is 19.8 Å². The molecule has 24 heavy (non-hydrogen) atoms. The van der Waals surface area contributed by atoms with Gasteiger partial charge >= 0.3 is 6.18 Å². The number of nitrogens with zero attached hydrogens (tertiary/aromatic N) is 2.